The summed E-state index contributed by atoms with van der Waals surface area (Å²) in [5, 5.41) is 7.63. The fourth-order valence-corrected chi connectivity index (χ4v) is 2.52. The molecule has 2 heterocycles. The Hall–Kier alpha value is -1.07. The Morgan fingerprint density at radius 1 is 1.47 bits per heavy atom. The first-order valence-corrected chi connectivity index (χ1v) is 6.35. The van der Waals surface area contributed by atoms with Gasteiger partial charge in [-0.1, -0.05) is 0 Å². The first kappa shape index (κ1) is 12.4. The highest BCUT2D eigenvalue weighted by atomic mass is 79.9. The van der Waals surface area contributed by atoms with Gasteiger partial charge in [-0.15, -0.1) is 0 Å². The number of nitrogens with one attached hydrogen (secondary N) is 1. The van der Waals surface area contributed by atoms with Crippen molar-refractivity contribution < 1.29 is 4.42 Å². The summed E-state index contributed by atoms with van der Waals surface area (Å²) in [5.41, 5.74) is 2.04. The molecule has 0 unspecified atom stereocenters. The number of hydrogen-bond donors (Lipinski definition) is 1. The monoisotopic (exact) mass is 297 g/mol. The van der Waals surface area contributed by atoms with Gasteiger partial charge in [-0.25, -0.2) is 0 Å². The van der Waals surface area contributed by atoms with Gasteiger partial charge in [0.15, 0.2) is 5.76 Å². The Kier molecular flexibility index (Phi) is 3.69. The highest BCUT2D eigenvalue weighted by Gasteiger charge is 2.17. The molecule has 2 aromatic rings. The predicted octanol–water partition coefficient (Wildman–Crippen LogP) is 2.51. The highest BCUT2D eigenvalue weighted by Crippen LogP contribution is 2.31. The summed E-state index contributed by atoms with van der Waals surface area (Å²) in [4.78, 5) is 0. The van der Waals surface area contributed by atoms with Crippen LogP contribution in [0.5, 0.6) is 0 Å². The minimum atomic E-state index is 0.847. The molecule has 0 saturated carbocycles. The summed E-state index contributed by atoms with van der Waals surface area (Å²) in [7, 11) is 3.87. The Morgan fingerprint density at radius 2 is 2.24 bits per heavy atom. The van der Waals surface area contributed by atoms with Crippen molar-refractivity contribution in [2.45, 2.75) is 13.3 Å². The zero-order chi connectivity index (χ0) is 12.4. The number of aryl methyl sites for hydroxylation is 2. The maximum absolute atomic E-state index is 5.64. The van der Waals surface area contributed by atoms with Crippen LogP contribution in [-0.4, -0.2) is 23.4 Å². The van der Waals surface area contributed by atoms with Crippen LogP contribution >= 0.6 is 15.9 Å². The molecule has 0 saturated heterocycles. The maximum Gasteiger partial charge on any atom is 0.153 e. The largest absolute Gasteiger partial charge is 0.460 e. The van der Waals surface area contributed by atoms with Crippen LogP contribution < -0.4 is 5.32 Å². The lowest BCUT2D eigenvalue weighted by molar-refractivity contribution is 0.541. The normalized spacial score (nSPS) is 11.1. The Bertz CT molecular complexity index is 516. The molecule has 0 spiro atoms. The second-order valence-electron chi connectivity index (χ2n) is 4.00. The van der Waals surface area contributed by atoms with E-state index in [0.29, 0.717) is 0 Å². The van der Waals surface area contributed by atoms with Gasteiger partial charge in [0.25, 0.3) is 0 Å². The van der Waals surface area contributed by atoms with Crippen LogP contribution in [-0.2, 0) is 13.5 Å². The van der Waals surface area contributed by atoms with Gasteiger partial charge in [0.2, 0.25) is 0 Å². The molecule has 17 heavy (non-hydrogen) atoms. The van der Waals surface area contributed by atoms with E-state index in [1.807, 2.05) is 37.8 Å². The third-order valence-electron chi connectivity index (χ3n) is 2.64. The van der Waals surface area contributed by atoms with Gasteiger partial charge < -0.3 is 9.73 Å². The number of hydrogen-bond acceptors (Lipinski definition) is 3. The van der Waals surface area contributed by atoms with Crippen LogP contribution in [0.15, 0.2) is 21.0 Å². The highest BCUT2D eigenvalue weighted by molar-refractivity contribution is 9.10. The summed E-state index contributed by atoms with van der Waals surface area (Å²) in [5.74, 6) is 1.75. The summed E-state index contributed by atoms with van der Waals surface area (Å²) in [6.45, 7) is 2.85. The van der Waals surface area contributed by atoms with Crippen molar-refractivity contribution in [2.24, 2.45) is 7.05 Å². The molecule has 2 rings (SSSR count). The second-order valence-corrected chi connectivity index (χ2v) is 4.79. The second kappa shape index (κ2) is 5.06. The summed E-state index contributed by atoms with van der Waals surface area (Å²) < 4.78 is 8.52. The molecular formula is C12H16BrN3O. The van der Waals surface area contributed by atoms with E-state index in [-0.39, 0.29) is 0 Å². The number of halogens is 1. The van der Waals surface area contributed by atoms with Crippen molar-refractivity contribution in [1.82, 2.24) is 15.1 Å². The van der Waals surface area contributed by atoms with Gasteiger partial charge in [0.1, 0.15) is 11.5 Å². The molecule has 0 atom stereocenters. The third kappa shape index (κ3) is 2.45. The lowest BCUT2D eigenvalue weighted by Crippen LogP contribution is -2.11. The van der Waals surface area contributed by atoms with Crippen LogP contribution in [0.25, 0.3) is 11.5 Å². The third-order valence-corrected chi connectivity index (χ3v) is 3.47. The van der Waals surface area contributed by atoms with Gasteiger partial charge in [0.05, 0.1) is 10.2 Å². The Morgan fingerprint density at radius 3 is 2.82 bits per heavy atom. The van der Waals surface area contributed by atoms with E-state index in [0.717, 1.165) is 40.3 Å². The van der Waals surface area contributed by atoms with Crippen molar-refractivity contribution >= 4 is 15.9 Å². The summed E-state index contributed by atoms with van der Waals surface area (Å²) in [6.07, 6.45) is 0.893. The van der Waals surface area contributed by atoms with E-state index in [1.165, 1.54) is 0 Å². The van der Waals surface area contributed by atoms with E-state index in [2.05, 4.69) is 26.3 Å². The number of furan rings is 1. The number of rotatable bonds is 4. The molecule has 0 radical (unpaired) electrons. The molecule has 0 aromatic carbocycles. The molecule has 0 aliphatic rings. The van der Waals surface area contributed by atoms with Crippen molar-refractivity contribution in [2.75, 3.05) is 13.6 Å². The van der Waals surface area contributed by atoms with Crippen molar-refractivity contribution in [1.29, 1.82) is 0 Å². The van der Waals surface area contributed by atoms with Crippen LogP contribution in [0.4, 0.5) is 0 Å². The molecule has 0 amide bonds. The van der Waals surface area contributed by atoms with Gasteiger partial charge in [-0.3, -0.25) is 4.68 Å². The first-order chi connectivity index (χ1) is 8.13. The molecular weight excluding hydrogens is 282 g/mol. The zero-order valence-electron chi connectivity index (χ0n) is 10.2. The van der Waals surface area contributed by atoms with Gasteiger partial charge >= 0.3 is 0 Å². The fraction of sp³-hybridized carbons (Fsp3) is 0.417. The smallest absolute Gasteiger partial charge is 0.153 e. The molecule has 5 heteroatoms. The standard InChI is InChI=1S/C12H16BrN3O/c1-8-4-5-10(17-8)12-11(13)9(6-7-14-2)15-16(12)3/h4-5,14H,6-7H2,1-3H3. The van der Waals surface area contributed by atoms with Crippen LogP contribution in [0.1, 0.15) is 11.5 Å². The average Bonchev–Trinajstić information content (AvgIpc) is 2.81. The molecule has 1 N–H and O–H groups in total. The van der Waals surface area contributed by atoms with E-state index >= 15 is 0 Å². The lowest BCUT2D eigenvalue weighted by atomic mass is 10.2. The maximum atomic E-state index is 5.64. The molecule has 4 nitrogen and oxygen atoms in total. The van der Waals surface area contributed by atoms with Crippen molar-refractivity contribution in [3.63, 3.8) is 0 Å². The number of aromatic nitrogens is 2. The van der Waals surface area contributed by atoms with Crippen LogP contribution in [0, 0.1) is 6.92 Å². The molecule has 2 aromatic heterocycles. The molecule has 0 fully saturated rings. The van der Waals surface area contributed by atoms with Gasteiger partial charge in [0, 0.05) is 20.0 Å². The van der Waals surface area contributed by atoms with Gasteiger partial charge in [-0.2, -0.15) is 5.10 Å². The molecule has 0 bridgehead atoms. The lowest BCUT2D eigenvalue weighted by Gasteiger charge is -1.98. The van der Waals surface area contributed by atoms with E-state index < -0.39 is 0 Å². The van der Waals surface area contributed by atoms with Gasteiger partial charge in [-0.05, 0) is 42.0 Å². The van der Waals surface area contributed by atoms with Crippen LogP contribution in [0.3, 0.4) is 0 Å². The topological polar surface area (TPSA) is 43.0 Å². The summed E-state index contributed by atoms with van der Waals surface area (Å²) in [6, 6.07) is 3.93. The van der Waals surface area contributed by atoms with Crippen molar-refractivity contribution in [3.8, 4) is 11.5 Å². The average molecular weight is 298 g/mol. The van der Waals surface area contributed by atoms with E-state index in [1.54, 1.807) is 0 Å². The van der Waals surface area contributed by atoms with Crippen molar-refractivity contribution in [3.05, 3.63) is 28.1 Å². The Labute approximate surface area is 109 Å². The first-order valence-electron chi connectivity index (χ1n) is 5.56. The van der Waals surface area contributed by atoms with Crippen LogP contribution in [0.2, 0.25) is 0 Å². The SMILES string of the molecule is CNCCc1nn(C)c(-c2ccc(C)o2)c1Br. The Balaban J connectivity index is 2.37. The quantitative estimate of drug-likeness (QED) is 0.943. The summed E-state index contributed by atoms with van der Waals surface area (Å²) >= 11 is 3.61. The zero-order valence-corrected chi connectivity index (χ0v) is 11.8. The number of nitrogens with zero attached hydrogens (tertiary/aromatic N) is 2. The minimum Gasteiger partial charge on any atom is -0.460 e. The fourth-order valence-electron chi connectivity index (χ4n) is 1.79. The minimum absolute atomic E-state index is 0.847. The molecule has 0 aliphatic carbocycles. The number of likely N-dealkylation sites (N-methyl/N-ethyl adjacent to an activating group) is 1. The van der Waals surface area contributed by atoms with E-state index in [9.17, 15) is 0 Å². The molecule has 92 valence electrons. The van der Waals surface area contributed by atoms with E-state index in [4.69, 9.17) is 4.42 Å². The molecule has 0 aliphatic heterocycles. The predicted molar refractivity (Wildman–Crippen MR) is 71.0 cm³/mol.